The number of aryl methyl sites for hydroxylation is 1. The van der Waals surface area contributed by atoms with Crippen LogP contribution in [0.15, 0.2) is 72.9 Å². The molecule has 0 fully saturated rings. The summed E-state index contributed by atoms with van der Waals surface area (Å²) in [7, 11) is 0. The van der Waals surface area contributed by atoms with Crippen LogP contribution in [0, 0.1) is 11.3 Å². The molecule has 1 rings (SSSR count). The van der Waals surface area contributed by atoms with E-state index < -0.39 is 0 Å². The molecular formula is C17H16ClN. The van der Waals surface area contributed by atoms with E-state index >= 15 is 0 Å². The molecule has 0 aliphatic carbocycles. The molecule has 1 nitrogen and oxygen atoms in total. The molecule has 0 spiro atoms. The van der Waals surface area contributed by atoms with Gasteiger partial charge in [-0.05, 0) is 41.7 Å². The Hall–Kier alpha value is -2.04. The fraction of sp³-hybridized carbons (Fsp3) is 0.118. The van der Waals surface area contributed by atoms with Gasteiger partial charge in [-0.25, -0.2) is 0 Å². The van der Waals surface area contributed by atoms with Crippen LogP contribution >= 0.6 is 11.6 Å². The second-order valence-corrected chi connectivity index (χ2v) is 4.42. The van der Waals surface area contributed by atoms with E-state index in [2.05, 4.69) is 19.2 Å². The second kappa shape index (κ2) is 8.13. The van der Waals surface area contributed by atoms with Gasteiger partial charge in [0.05, 0.1) is 6.07 Å². The lowest BCUT2D eigenvalue weighted by Gasteiger charge is -2.07. The van der Waals surface area contributed by atoms with E-state index in [1.807, 2.05) is 30.3 Å². The van der Waals surface area contributed by atoms with Crippen molar-refractivity contribution in [2.45, 2.75) is 12.8 Å². The van der Waals surface area contributed by atoms with Crippen molar-refractivity contribution in [3.8, 4) is 6.07 Å². The van der Waals surface area contributed by atoms with Crippen LogP contribution in [0.25, 0.3) is 0 Å². The number of benzene rings is 1. The Morgan fingerprint density at radius 2 is 1.95 bits per heavy atom. The first-order valence-electron chi connectivity index (χ1n) is 6.00. The Kier molecular flexibility index (Phi) is 6.43. The molecule has 0 heterocycles. The highest BCUT2D eigenvalue weighted by atomic mass is 35.5. The third-order valence-corrected chi connectivity index (χ3v) is 2.98. The summed E-state index contributed by atoms with van der Waals surface area (Å²) in [6, 6.07) is 9.82. The summed E-state index contributed by atoms with van der Waals surface area (Å²) in [5, 5.41) is 9.58. The standard InChI is InChI=1S/C17H16ClN/c1-3-5-15(4-2)16(12-13-19)9-6-14-7-10-17(18)11-8-14/h3-5,7-8,10-12H,1-2,6,9H2/b15-5+,16-12+. The Morgan fingerprint density at radius 1 is 1.26 bits per heavy atom. The number of hydrogen-bond acceptors (Lipinski definition) is 1. The predicted molar refractivity (Wildman–Crippen MR) is 81.9 cm³/mol. The van der Waals surface area contributed by atoms with Crippen molar-refractivity contribution in [1.82, 2.24) is 0 Å². The molecule has 0 unspecified atom stereocenters. The average molecular weight is 270 g/mol. The van der Waals surface area contributed by atoms with Crippen molar-refractivity contribution in [3.05, 3.63) is 83.5 Å². The minimum Gasteiger partial charge on any atom is -0.193 e. The molecule has 0 aliphatic rings. The van der Waals surface area contributed by atoms with Crippen molar-refractivity contribution in [2.75, 3.05) is 0 Å². The molecule has 0 amide bonds. The molecule has 2 heteroatoms. The van der Waals surface area contributed by atoms with Gasteiger partial charge in [0.15, 0.2) is 0 Å². The van der Waals surface area contributed by atoms with Gasteiger partial charge in [-0.1, -0.05) is 55.1 Å². The maximum atomic E-state index is 8.85. The minimum atomic E-state index is 0.731. The zero-order valence-corrected chi connectivity index (χ0v) is 11.5. The Balaban J connectivity index is 2.81. The van der Waals surface area contributed by atoms with Crippen LogP contribution in [0.2, 0.25) is 5.02 Å². The SMILES string of the molecule is C=C/C=C(C=C)/C(=C/C#N)CCc1ccc(Cl)cc1. The van der Waals surface area contributed by atoms with E-state index in [9.17, 15) is 0 Å². The zero-order valence-electron chi connectivity index (χ0n) is 10.8. The maximum absolute atomic E-state index is 8.85. The largest absolute Gasteiger partial charge is 0.193 e. The lowest BCUT2D eigenvalue weighted by Crippen LogP contribution is -1.92. The molecule has 0 saturated heterocycles. The van der Waals surface area contributed by atoms with Gasteiger partial charge in [-0.3, -0.25) is 0 Å². The van der Waals surface area contributed by atoms with Gasteiger partial charge in [0.25, 0.3) is 0 Å². The highest BCUT2D eigenvalue weighted by Crippen LogP contribution is 2.19. The van der Waals surface area contributed by atoms with Gasteiger partial charge in [0, 0.05) is 11.1 Å². The normalized spacial score (nSPS) is 11.8. The lowest BCUT2D eigenvalue weighted by atomic mass is 9.97. The summed E-state index contributed by atoms with van der Waals surface area (Å²) in [4.78, 5) is 0. The number of halogens is 1. The Bertz CT molecular complexity index is 542. The highest BCUT2D eigenvalue weighted by Gasteiger charge is 2.02. The highest BCUT2D eigenvalue weighted by molar-refractivity contribution is 6.30. The van der Waals surface area contributed by atoms with Gasteiger partial charge < -0.3 is 0 Å². The van der Waals surface area contributed by atoms with E-state index in [0.717, 1.165) is 29.0 Å². The number of rotatable bonds is 6. The van der Waals surface area contributed by atoms with E-state index in [-0.39, 0.29) is 0 Å². The molecule has 0 aromatic heterocycles. The van der Waals surface area contributed by atoms with E-state index in [4.69, 9.17) is 16.9 Å². The molecule has 0 bridgehead atoms. The van der Waals surface area contributed by atoms with E-state index in [1.165, 1.54) is 5.56 Å². The van der Waals surface area contributed by atoms with Gasteiger partial charge in [-0.15, -0.1) is 0 Å². The number of hydrogen-bond donors (Lipinski definition) is 0. The summed E-state index contributed by atoms with van der Waals surface area (Å²) in [5.41, 5.74) is 3.09. The summed E-state index contributed by atoms with van der Waals surface area (Å²) in [5.74, 6) is 0. The number of nitrogens with zero attached hydrogens (tertiary/aromatic N) is 1. The first-order valence-corrected chi connectivity index (χ1v) is 6.37. The minimum absolute atomic E-state index is 0.731. The van der Waals surface area contributed by atoms with Crippen LogP contribution in [-0.2, 0) is 6.42 Å². The van der Waals surface area contributed by atoms with Crippen molar-refractivity contribution < 1.29 is 0 Å². The van der Waals surface area contributed by atoms with Crippen LogP contribution < -0.4 is 0 Å². The molecule has 19 heavy (non-hydrogen) atoms. The Morgan fingerprint density at radius 3 is 2.47 bits per heavy atom. The molecule has 1 aromatic rings. The molecule has 0 radical (unpaired) electrons. The summed E-state index contributed by atoms with van der Waals surface area (Å²) in [6.07, 6.45) is 8.50. The molecule has 0 N–H and O–H groups in total. The van der Waals surface area contributed by atoms with E-state index in [0.29, 0.717) is 0 Å². The number of allylic oxidation sites excluding steroid dienone is 6. The third kappa shape index (κ3) is 4.99. The predicted octanol–water partition coefficient (Wildman–Crippen LogP) is 5.02. The number of nitriles is 1. The molecule has 96 valence electrons. The quantitative estimate of drug-likeness (QED) is 0.525. The van der Waals surface area contributed by atoms with Gasteiger partial charge in [0.1, 0.15) is 0 Å². The van der Waals surface area contributed by atoms with Crippen LogP contribution in [0.4, 0.5) is 0 Å². The first kappa shape index (κ1) is 15.0. The van der Waals surface area contributed by atoms with Gasteiger partial charge in [0.2, 0.25) is 0 Å². The molecule has 1 aromatic carbocycles. The topological polar surface area (TPSA) is 23.8 Å². The molecule has 0 aliphatic heterocycles. The van der Waals surface area contributed by atoms with E-state index in [1.54, 1.807) is 18.2 Å². The molecule has 0 atom stereocenters. The fourth-order valence-electron chi connectivity index (χ4n) is 1.74. The van der Waals surface area contributed by atoms with Crippen molar-refractivity contribution >= 4 is 11.6 Å². The third-order valence-electron chi connectivity index (χ3n) is 2.72. The van der Waals surface area contributed by atoms with Gasteiger partial charge in [-0.2, -0.15) is 5.26 Å². The van der Waals surface area contributed by atoms with Crippen molar-refractivity contribution in [1.29, 1.82) is 5.26 Å². The van der Waals surface area contributed by atoms with Crippen molar-refractivity contribution in [2.24, 2.45) is 0 Å². The first-order chi connectivity index (χ1) is 9.21. The van der Waals surface area contributed by atoms with Crippen LogP contribution in [0.3, 0.4) is 0 Å². The van der Waals surface area contributed by atoms with Crippen LogP contribution in [-0.4, -0.2) is 0 Å². The fourth-order valence-corrected chi connectivity index (χ4v) is 1.87. The van der Waals surface area contributed by atoms with Crippen LogP contribution in [0.1, 0.15) is 12.0 Å². The van der Waals surface area contributed by atoms with Gasteiger partial charge >= 0.3 is 0 Å². The maximum Gasteiger partial charge on any atom is 0.0915 e. The molecule has 0 saturated carbocycles. The van der Waals surface area contributed by atoms with Crippen molar-refractivity contribution in [3.63, 3.8) is 0 Å². The summed E-state index contributed by atoms with van der Waals surface area (Å²) < 4.78 is 0. The Labute approximate surface area is 119 Å². The lowest BCUT2D eigenvalue weighted by molar-refractivity contribution is 0.955. The average Bonchev–Trinajstić information content (AvgIpc) is 2.43. The summed E-state index contributed by atoms with van der Waals surface area (Å²) in [6.45, 7) is 7.44. The smallest absolute Gasteiger partial charge is 0.0915 e. The molecular weight excluding hydrogens is 254 g/mol. The zero-order chi connectivity index (χ0) is 14.1. The monoisotopic (exact) mass is 269 g/mol. The van der Waals surface area contributed by atoms with Crippen LogP contribution in [0.5, 0.6) is 0 Å². The summed E-state index contributed by atoms with van der Waals surface area (Å²) >= 11 is 5.85. The second-order valence-electron chi connectivity index (χ2n) is 3.99.